The Morgan fingerprint density at radius 1 is 1.27 bits per heavy atom. The van der Waals surface area contributed by atoms with E-state index in [4.69, 9.17) is 5.26 Å². The standard InChI is InChI=1S/C9H12N2/c10-3-8-7-1-6-2-9(8)11(4-6)5-7/h6-9H,1-2,4-5H2/t6-,7-,8-,9-/m1/s1. The molecule has 0 aromatic rings. The zero-order chi connectivity index (χ0) is 7.42. The molecule has 0 amide bonds. The molecule has 1 unspecified atom stereocenters. The lowest BCUT2D eigenvalue weighted by molar-refractivity contribution is 0.252. The number of hydrogen-bond donors (Lipinski definition) is 0. The van der Waals surface area contributed by atoms with E-state index in [1.165, 1.54) is 25.9 Å². The molecule has 1 aliphatic carbocycles. The van der Waals surface area contributed by atoms with E-state index in [0.29, 0.717) is 12.0 Å². The molecule has 0 spiro atoms. The lowest BCUT2D eigenvalue weighted by Crippen LogP contribution is -2.27. The summed E-state index contributed by atoms with van der Waals surface area (Å²) in [6.07, 6.45) is 2.65. The predicted octanol–water partition coefficient (Wildman–Crippen LogP) is 0.850. The monoisotopic (exact) mass is 148 g/mol. The third kappa shape index (κ3) is 0.605. The van der Waals surface area contributed by atoms with Gasteiger partial charge in [-0.2, -0.15) is 5.26 Å². The molecule has 0 aromatic heterocycles. The van der Waals surface area contributed by atoms with Crippen LogP contribution in [0.2, 0.25) is 0 Å². The fourth-order valence-electron chi connectivity index (χ4n) is 3.36. The van der Waals surface area contributed by atoms with Crippen LogP contribution in [0.3, 0.4) is 0 Å². The van der Waals surface area contributed by atoms with Gasteiger partial charge in [0, 0.05) is 19.1 Å². The van der Waals surface area contributed by atoms with Gasteiger partial charge in [0.1, 0.15) is 0 Å². The molecule has 0 radical (unpaired) electrons. The quantitative estimate of drug-likeness (QED) is 0.509. The molecule has 11 heavy (non-hydrogen) atoms. The van der Waals surface area contributed by atoms with E-state index in [-0.39, 0.29) is 0 Å². The van der Waals surface area contributed by atoms with Crippen molar-refractivity contribution in [2.24, 2.45) is 17.8 Å². The molecule has 1 saturated carbocycles. The van der Waals surface area contributed by atoms with Gasteiger partial charge < -0.3 is 0 Å². The van der Waals surface area contributed by atoms with E-state index in [9.17, 15) is 0 Å². The van der Waals surface area contributed by atoms with Gasteiger partial charge in [-0.05, 0) is 24.7 Å². The second kappa shape index (κ2) is 1.78. The van der Waals surface area contributed by atoms with Gasteiger partial charge >= 0.3 is 0 Å². The van der Waals surface area contributed by atoms with E-state index in [1.54, 1.807) is 0 Å². The first-order valence-corrected chi connectivity index (χ1v) is 4.52. The van der Waals surface area contributed by atoms with Crippen molar-refractivity contribution in [3.63, 3.8) is 0 Å². The van der Waals surface area contributed by atoms with Crippen LogP contribution >= 0.6 is 0 Å². The highest BCUT2D eigenvalue weighted by molar-refractivity contribution is 5.11. The zero-order valence-corrected chi connectivity index (χ0v) is 6.53. The zero-order valence-electron chi connectivity index (χ0n) is 6.53. The van der Waals surface area contributed by atoms with Gasteiger partial charge in [-0.3, -0.25) is 4.90 Å². The average Bonchev–Trinajstić information content (AvgIpc) is 2.40. The smallest absolute Gasteiger partial charge is 0.0675 e. The first-order valence-electron chi connectivity index (χ1n) is 4.52. The maximum atomic E-state index is 8.93. The second-order valence-corrected chi connectivity index (χ2v) is 4.27. The van der Waals surface area contributed by atoms with Crippen molar-refractivity contribution in [1.82, 2.24) is 4.90 Å². The number of piperidine rings is 1. The molecule has 5 atom stereocenters. The predicted molar refractivity (Wildman–Crippen MR) is 40.7 cm³/mol. The van der Waals surface area contributed by atoms with Crippen LogP contribution in [-0.2, 0) is 0 Å². The van der Waals surface area contributed by atoms with Crippen molar-refractivity contribution in [2.75, 3.05) is 13.1 Å². The Kier molecular flexibility index (Phi) is 0.976. The van der Waals surface area contributed by atoms with Gasteiger partial charge in [0.2, 0.25) is 0 Å². The van der Waals surface area contributed by atoms with Crippen LogP contribution < -0.4 is 0 Å². The van der Waals surface area contributed by atoms with Gasteiger partial charge in [-0.25, -0.2) is 0 Å². The van der Waals surface area contributed by atoms with Crippen molar-refractivity contribution in [3.05, 3.63) is 0 Å². The highest BCUT2D eigenvalue weighted by atomic mass is 15.2. The molecule has 3 heterocycles. The largest absolute Gasteiger partial charge is 0.298 e. The Hall–Kier alpha value is -0.550. The third-order valence-corrected chi connectivity index (χ3v) is 3.71. The Labute approximate surface area is 66.8 Å². The first-order chi connectivity index (χ1) is 5.38. The third-order valence-electron chi connectivity index (χ3n) is 3.71. The van der Waals surface area contributed by atoms with Gasteiger partial charge in [-0.15, -0.1) is 0 Å². The van der Waals surface area contributed by atoms with Gasteiger partial charge in [0.25, 0.3) is 0 Å². The molecule has 58 valence electrons. The maximum absolute atomic E-state index is 8.93. The summed E-state index contributed by atoms with van der Waals surface area (Å²) in [5.74, 6) is 2.06. The Morgan fingerprint density at radius 2 is 2.18 bits per heavy atom. The van der Waals surface area contributed by atoms with Crippen LogP contribution in [0.4, 0.5) is 0 Å². The number of hydrogen-bond acceptors (Lipinski definition) is 2. The highest BCUT2D eigenvalue weighted by Gasteiger charge is 2.52. The molecular weight excluding hydrogens is 136 g/mol. The van der Waals surface area contributed by atoms with Gasteiger partial charge in [0.15, 0.2) is 0 Å². The van der Waals surface area contributed by atoms with E-state index in [1.807, 2.05) is 0 Å². The highest BCUT2D eigenvalue weighted by Crippen LogP contribution is 2.48. The summed E-state index contributed by atoms with van der Waals surface area (Å²) in [5, 5.41) is 8.93. The van der Waals surface area contributed by atoms with Crippen molar-refractivity contribution >= 4 is 0 Å². The molecule has 4 rings (SSSR count). The molecule has 4 aliphatic rings. The lowest BCUT2D eigenvalue weighted by atomic mass is 9.76. The summed E-state index contributed by atoms with van der Waals surface area (Å²) in [6, 6.07) is 3.14. The summed E-state index contributed by atoms with van der Waals surface area (Å²) in [5.41, 5.74) is 0. The molecule has 4 bridgehead atoms. The second-order valence-electron chi connectivity index (χ2n) is 4.27. The Bertz CT molecular complexity index is 226. The van der Waals surface area contributed by atoms with Crippen molar-refractivity contribution in [3.8, 4) is 6.07 Å². The molecule has 2 nitrogen and oxygen atoms in total. The van der Waals surface area contributed by atoms with E-state index >= 15 is 0 Å². The summed E-state index contributed by atoms with van der Waals surface area (Å²) in [6.45, 7) is 2.51. The van der Waals surface area contributed by atoms with Crippen LogP contribution in [0.5, 0.6) is 0 Å². The van der Waals surface area contributed by atoms with Crippen LogP contribution in [0, 0.1) is 29.1 Å². The fourth-order valence-corrected chi connectivity index (χ4v) is 3.36. The molecule has 0 aromatic carbocycles. The normalized spacial score (nSPS) is 58.3. The van der Waals surface area contributed by atoms with Crippen LogP contribution in [0.25, 0.3) is 0 Å². The van der Waals surface area contributed by atoms with Crippen molar-refractivity contribution < 1.29 is 0 Å². The number of nitriles is 1. The summed E-state index contributed by atoms with van der Waals surface area (Å²) >= 11 is 0. The Balaban J connectivity index is 1.98. The summed E-state index contributed by atoms with van der Waals surface area (Å²) in [4.78, 5) is 2.53. The summed E-state index contributed by atoms with van der Waals surface area (Å²) in [7, 11) is 0. The molecule has 2 heteroatoms. The van der Waals surface area contributed by atoms with Crippen molar-refractivity contribution in [2.45, 2.75) is 18.9 Å². The molecular formula is C9H12N2. The fraction of sp³-hybridized carbons (Fsp3) is 0.889. The van der Waals surface area contributed by atoms with E-state index < -0.39 is 0 Å². The van der Waals surface area contributed by atoms with Crippen LogP contribution in [-0.4, -0.2) is 24.0 Å². The minimum absolute atomic E-state index is 0.383. The minimum atomic E-state index is 0.383. The summed E-state index contributed by atoms with van der Waals surface area (Å²) < 4.78 is 0. The lowest BCUT2D eigenvalue weighted by Gasteiger charge is -2.26. The van der Waals surface area contributed by atoms with E-state index in [2.05, 4.69) is 11.0 Å². The number of nitrogens with zero attached hydrogens (tertiary/aromatic N) is 2. The molecule has 3 aliphatic heterocycles. The SMILES string of the molecule is N#C[C@@H]1[C@@H]2C[C@@H]3C[C@H]1N(C3)C2. The average molecular weight is 148 g/mol. The van der Waals surface area contributed by atoms with Gasteiger partial charge in [-0.1, -0.05) is 0 Å². The Morgan fingerprint density at radius 3 is 2.91 bits per heavy atom. The van der Waals surface area contributed by atoms with Crippen molar-refractivity contribution in [1.29, 1.82) is 5.26 Å². The number of rotatable bonds is 0. The maximum Gasteiger partial charge on any atom is 0.0675 e. The topological polar surface area (TPSA) is 27.0 Å². The minimum Gasteiger partial charge on any atom is -0.298 e. The first kappa shape index (κ1) is 6.02. The van der Waals surface area contributed by atoms with Crippen LogP contribution in [0.15, 0.2) is 0 Å². The van der Waals surface area contributed by atoms with Gasteiger partial charge in [0.05, 0.1) is 12.0 Å². The molecule has 0 N–H and O–H groups in total. The molecule has 3 saturated heterocycles. The van der Waals surface area contributed by atoms with Crippen LogP contribution in [0.1, 0.15) is 12.8 Å². The van der Waals surface area contributed by atoms with E-state index in [0.717, 1.165) is 11.8 Å². The molecule has 4 fully saturated rings.